The minimum Gasteiger partial charge on any atom is -0.496 e. The van der Waals surface area contributed by atoms with Crippen molar-refractivity contribution in [2.45, 2.75) is 6.04 Å². The van der Waals surface area contributed by atoms with E-state index >= 15 is 0 Å². The SMILES string of the molecule is COc1ccccc1C(CNC(=O)c1cc(F)c(F)cc1Cl)N(C)C. The van der Waals surface area contributed by atoms with Gasteiger partial charge in [0.25, 0.3) is 5.91 Å². The number of hydrogen-bond acceptors (Lipinski definition) is 3. The molecule has 0 fully saturated rings. The summed E-state index contributed by atoms with van der Waals surface area (Å²) in [5, 5.41) is 2.56. The average molecular weight is 369 g/mol. The van der Waals surface area contributed by atoms with E-state index in [0.717, 1.165) is 17.7 Å². The molecule has 0 aliphatic rings. The Morgan fingerprint density at radius 2 is 1.88 bits per heavy atom. The molecule has 4 nitrogen and oxygen atoms in total. The van der Waals surface area contributed by atoms with Gasteiger partial charge < -0.3 is 15.0 Å². The van der Waals surface area contributed by atoms with Crippen LogP contribution in [-0.4, -0.2) is 38.6 Å². The van der Waals surface area contributed by atoms with E-state index in [2.05, 4.69) is 5.32 Å². The molecule has 134 valence electrons. The van der Waals surface area contributed by atoms with Crippen molar-refractivity contribution in [3.8, 4) is 5.75 Å². The molecule has 25 heavy (non-hydrogen) atoms. The summed E-state index contributed by atoms with van der Waals surface area (Å²) in [5.74, 6) is -2.10. The molecule has 0 spiro atoms. The van der Waals surface area contributed by atoms with Gasteiger partial charge in [-0.3, -0.25) is 4.79 Å². The zero-order chi connectivity index (χ0) is 18.6. The third-order valence-corrected chi connectivity index (χ3v) is 4.14. The van der Waals surface area contributed by atoms with Gasteiger partial charge in [0.05, 0.1) is 23.7 Å². The lowest BCUT2D eigenvalue weighted by molar-refractivity contribution is 0.0941. The number of para-hydroxylation sites is 1. The standard InChI is InChI=1S/C18H19ClF2N2O2/c1-23(2)16(11-6-4-5-7-17(11)25-3)10-22-18(24)12-8-14(20)15(21)9-13(12)19/h4-9,16H,10H2,1-3H3,(H,22,24). The van der Waals surface area contributed by atoms with Crippen molar-refractivity contribution in [2.24, 2.45) is 0 Å². The normalized spacial score (nSPS) is 12.1. The van der Waals surface area contributed by atoms with E-state index in [4.69, 9.17) is 16.3 Å². The summed E-state index contributed by atoms with van der Waals surface area (Å²) in [6.45, 7) is 0.238. The lowest BCUT2D eigenvalue weighted by Gasteiger charge is -2.26. The Kier molecular flexibility index (Phi) is 6.33. The van der Waals surface area contributed by atoms with Crippen molar-refractivity contribution in [1.82, 2.24) is 10.2 Å². The summed E-state index contributed by atoms with van der Waals surface area (Å²) in [6.07, 6.45) is 0. The number of benzene rings is 2. The first-order valence-corrected chi connectivity index (χ1v) is 7.95. The molecule has 0 aliphatic heterocycles. The topological polar surface area (TPSA) is 41.6 Å². The van der Waals surface area contributed by atoms with Crippen molar-refractivity contribution < 1.29 is 18.3 Å². The highest BCUT2D eigenvalue weighted by Crippen LogP contribution is 2.27. The first-order chi connectivity index (χ1) is 11.8. The molecule has 0 saturated heterocycles. The summed E-state index contributed by atoms with van der Waals surface area (Å²) in [4.78, 5) is 14.2. The summed E-state index contributed by atoms with van der Waals surface area (Å²) in [5.41, 5.74) is 0.782. The second-order valence-corrected chi connectivity index (χ2v) is 6.08. The van der Waals surface area contributed by atoms with E-state index < -0.39 is 17.5 Å². The molecule has 2 aromatic rings. The number of ether oxygens (including phenoxy) is 1. The smallest absolute Gasteiger partial charge is 0.252 e. The van der Waals surface area contributed by atoms with Crippen molar-refractivity contribution in [3.05, 3.63) is 64.2 Å². The predicted molar refractivity (Wildman–Crippen MR) is 93.1 cm³/mol. The van der Waals surface area contributed by atoms with Gasteiger partial charge in [-0.2, -0.15) is 0 Å². The Hall–Kier alpha value is -2.18. The van der Waals surface area contributed by atoms with E-state index in [1.165, 1.54) is 0 Å². The maximum atomic E-state index is 13.4. The van der Waals surface area contributed by atoms with Gasteiger partial charge in [-0.1, -0.05) is 29.8 Å². The van der Waals surface area contributed by atoms with Crippen molar-refractivity contribution in [1.29, 1.82) is 0 Å². The molecule has 2 aromatic carbocycles. The molecule has 0 heterocycles. The molecular weight excluding hydrogens is 350 g/mol. The molecule has 0 aromatic heterocycles. The third-order valence-electron chi connectivity index (χ3n) is 3.83. The first-order valence-electron chi connectivity index (χ1n) is 7.57. The average Bonchev–Trinajstić information content (AvgIpc) is 2.58. The van der Waals surface area contributed by atoms with Crippen LogP contribution in [-0.2, 0) is 0 Å². The zero-order valence-corrected chi connectivity index (χ0v) is 14.9. The summed E-state index contributed by atoms with van der Waals surface area (Å²) in [7, 11) is 5.31. The van der Waals surface area contributed by atoms with Gasteiger partial charge in [0.15, 0.2) is 11.6 Å². The van der Waals surface area contributed by atoms with Crippen LogP contribution in [0.4, 0.5) is 8.78 Å². The summed E-state index contributed by atoms with van der Waals surface area (Å²) < 4.78 is 31.9. The van der Waals surface area contributed by atoms with Gasteiger partial charge in [-0.15, -0.1) is 0 Å². The minimum absolute atomic E-state index is 0.113. The molecule has 0 saturated carbocycles. The number of amides is 1. The second kappa shape index (κ2) is 8.27. The van der Waals surface area contributed by atoms with Crippen LogP contribution in [0.2, 0.25) is 5.02 Å². The van der Waals surface area contributed by atoms with Gasteiger partial charge in [-0.25, -0.2) is 8.78 Å². The molecule has 0 aliphatic carbocycles. The van der Waals surface area contributed by atoms with Crippen LogP contribution in [0.1, 0.15) is 22.0 Å². The van der Waals surface area contributed by atoms with Gasteiger partial charge in [-0.05, 0) is 32.3 Å². The number of nitrogens with zero attached hydrogens (tertiary/aromatic N) is 1. The molecule has 1 unspecified atom stereocenters. The van der Waals surface area contributed by atoms with Gasteiger partial charge >= 0.3 is 0 Å². The number of nitrogens with one attached hydrogen (secondary N) is 1. The minimum atomic E-state index is -1.12. The number of rotatable bonds is 6. The van der Waals surface area contributed by atoms with Crippen LogP contribution in [0.5, 0.6) is 5.75 Å². The van der Waals surface area contributed by atoms with Crippen molar-refractivity contribution >= 4 is 17.5 Å². The fourth-order valence-electron chi connectivity index (χ4n) is 2.49. The van der Waals surface area contributed by atoms with Gasteiger partial charge in [0.1, 0.15) is 5.75 Å². The number of methoxy groups -OCH3 is 1. The van der Waals surface area contributed by atoms with E-state index in [1.54, 1.807) is 7.11 Å². The molecule has 1 atom stereocenters. The highest BCUT2D eigenvalue weighted by atomic mass is 35.5. The third kappa shape index (κ3) is 4.46. The molecule has 0 radical (unpaired) electrons. The zero-order valence-electron chi connectivity index (χ0n) is 14.1. The van der Waals surface area contributed by atoms with Crippen LogP contribution < -0.4 is 10.1 Å². The molecule has 1 amide bonds. The summed E-state index contributed by atoms with van der Waals surface area (Å²) >= 11 is 5.84. The molecule has 7 heteroatoms. The largest absolute Gasteiger partial charge is 0.496 e. The lowest BCUT2D eigenvalue weighted by atomic mass is 10.0. The fraction of sp³-hybridized carbons (Fsp3) is 0.278. The van der Waals surface area contributed by atoms with Crippen LogP contribution in [0.15, 0.2) is 36.4 Å². The van der Waals surface area contributed by atoms with Crippen LogP contribution in [0.25, 0.3) is 0 Å². The lowest BCUT2D eigenvalue weighted by Crippen LogP contribution is -2.35. The molecular formula is C18H19ClF2N2O2. The van der Waals surface area contributed by atoms with E-state index in [-0.39, 0.29) is 23.2 Å². The van der Waals surface area contributed by atoms with E-state index in [9.17, 15) is 13.6 Å². The molecule has 0 bridgehead atoms. The Bertz CT molecular complexity index is 769. The Morgan fingerprint density at radius 3 is 2.52 bits per heavy atom. The highest BCUT2D eigenvalue weighted by molar-refractivity contribution is 6.33. The summed E-state index contributed by atoms with van der Waals surface area (Å²) in [6, 6.07) is 8.87. The van der Waals surface area contributed by atoms with Gasteiger partial charge in [0.2, 0.25) is 0 Å². The van der Waals surface area contributed by atoms with Crippen LogP contribution in [0, 0.1) is 11.6 Å². The number of carbonyl (C=O) groups is 1. The quantitative estimate of drug-likeness (QED) is 0.791. The van der Waals surface area contributed by atoms with Crippen LogP contribution in [0.3, 0.4) is 0 Å². The highest BCUT2D eigenvalue weighted by Gasteiger charge is 2.21. The number of carbonyl (C=O) groups excluding carboxylic acids is 1. The number of likely N-dealkylation sites (N-methyl/N-ethyl adjacent to an activating group) is 1. The number of hydrogen-bond donors (Lipinski definition) is 1. The van der Waals surface area contributed by atoms with Crippen LogP contribution >= 0.6 is 11.6 Å². The Labute approximate surface area is 150 Å². The predicted octanol–water partition coefficient (Wildman–Crippen LogP) is 3.66. The van der Waals surface area contributed by atoms with E-state index in [1.807, 2.05) is 43.3 Å². The van der Waals surface area contributed by atoms with E-state index in [0.29, 0.717) is 5.75 Å². The fourth-order valence-corrected chi connectivity index (χ4v) is 2.73. The maximum absolute atomic E-state index is 13.4. The maximum Gasteiger partial charge on any atom is 0.252 e. The Balaban J connectivity index is 2.19. The number of halogens is 3. The van der Waals surface area contributed by atoms with Gasteiger partial charge in [0, 0.05) is 12.1 Å². The Morgan fingerprint density at radius 1 is 1.24 bits per heavy atom. The molecule has 1 N–H and O–H groups in total. The first kappa shape index (κ1) is 19.1. The van der Waals surface area contributed by atoms with Crippen molar-refractivity contribution in [3.63, 3.8) is 0 Å². The molecule has 2 rings (SSSR count). The van der Waals surface area contributed by atoms with Crippen molar-refractivity contribution in [2.75, 3.05) is 27.7 Å². The monoisotopic (exact) mass is 368 g/mol. The second-order valence-electron chi connectivity index (χ2n) is 5.68.